The van der Waals surface area contributed by atoms with Crippen molar-refractivity contribution in [3.8, 4) is 0 Å². The summed E-state index contributed by atoms with van der Waals surface area (Å²) >= 11 is 1.39. The average Bonchev–Trinajstić information content (AvgIpc) is 3.01. The molecule has 1 N–H and O–H groups in total. The number of amides is 3. The van der Waals surface area contributed by atoms with E-state index in [-0.39, 0.29) is 24.2 Å². The molecule has 1 saturated heterocycles. The number of hydrogen-bond donors (Lipinski definition) is 1. The Balaban J connectivity index is 1.79. The van der Waals surface area contributed by atoms with Crippen molar-refractivity contribution >= 4 is 29.1 Å². The van der Waals surface area contributed by atoms with Crippen LogP contribution in [0.3, 0.4) is 0 Å². The smallest absolute Gasteiger partial charge is 0.323 e. The molecule has 22 heavy (non-hydrogen) atoms. The van der Waals surface area contributed by atoms with Gasteiger partial charge in [0.2, 0.25) is 0 Å². The minimum absolute atomic E-state index is 0.113. The number of nitrogens with one attached hydrogen (secondary N) is 1. The Morgan fingerprint density at radius 3 is 2.82 bits per heavy atom. The minimum atomic E-state index is -0.791. The Hall–Kier alpha value is -1.69. The predicted octanol–water partition coefficient (Wildman–Crippen LogP) is 2.74. The first-order valence-corrected chi connectivity index (χ1v) is 8.49. The molecule has 1 aromatic heterocycles. The van der Waals surface area contributed by atoms with Gasteiger partial charge in [-0.25, -0.2) is 4.79 Å². The number of Topliss-reactive ketones (excluding diaryl/α,β-unsaturated/α-hetero) is 1. The molecule has 1 spiro atoms. The second-order valence-corrected chi connectivity index (χ2v) is 7.56. The van der Waals surface area contributed by atoms with E-state index in [1.54, 1.807) is 6.07 Å². The summed E-state index contributed by atoms with van der Waals surface area (Å²) in [5, 5.41) is 2.87. The van der Waals surface area contributed by atoms with Crippen LogP contribution in [0.25, 0.3) is 0 Å². The lowest BCUT2D eigenvalue weighted by Gasteiger charge is -2.36. The van der Waals surface area contributed by atoms with Crippen molar-refractivity contribution in [3.63, 3.8) is 0 Å². The van der Waals surface area contributed by atoms with Crippen molar-refractivity contribution in [2.24, 2.45) is 5.92 Å². The van der Waals surface area contributed by atoms with E-state index in [1.807, 2.05) is 19.9 Å². The van der Waals surface area contributed by atoms with Crippen LogP contribution < -0.4 is 5.32 Å². The van der Waals surface area contributed by atoms with Crippen LogP contribution >= 0.6 is 11.3 Å². The van der Waals surface area contributed by atoms with Gasteiger partial charge in [-0.05, 0) is 37.8 Å². The number of rotatable bonds is 3. The molecule has 2 aliphatic rings. The number of imide groups is 1. The van der Waals surface area contributed by atoms with E-state index in [0.29, 0.717) is 11.3 Å². The Kier molecular flexibility index (Phi) is 3.80. The van der Waals surface area contributed by atoms with Gasteiger partial charge in [-0.3, -0.25) is 14.5 Å². The third-order valence-corrected chi connectivity index (χ3v) is 5.86. The van der Waals surface area contributed by atoms with E-state index in [1.165, 1.54) is 11.3 Å². The molecule has 118 valence electrons. The lowest BCUT2D eigenvalue weighted by Crippen LogP contribution is -2.54. The molecule has 0 unspecified atom stereocenters. The number of carbonyl (C=O) groups excluding carboxylic acids is 3. The van der Waals surface area contributed by atoms with E-state index in [4.69, 9.17) is 0 Å². The monoisotopic (exact) mass is 320 g/mol. The molecule has 6 heteroatoms. The maximum atomic E-state index is 12.8. The van der Waals surface area contributed by atoms with Gasteiger partial charge in [0.1, 0.15) is 5.54 Å². The van der Waals surface area contributed by atoms with Crippen molar-refractivity contribution in [1.82, 2.24) is 10.2 Å². The number of carbonyl (C=O) groups is 3. The Morgan fingerprint density at radius 2 is 2.18 bits per heavy atom. The average molecular weight is 320 g/mol. The Morgan fingerprint density at radius 1 is 1.41 bits per heavy atom. The topological polar surface area (TPSA) is 66.5 Å². The molecule has 0 bridgehead atoms. The van der Waals surface area contributed by atoms with Crippen molar-refractivity contribution in [3.05, 3.63) is 21.9 Å². The first kappa shape index (κ1) is 15.2. The lowest BCUT2D eigenvalue weighted by molar-refractivity contribution is -0.133. The number of aryl methyl sites for hydroxylation is 1. The van der Waals surface area contributed by atoms with Gasteiger partial charge in [0.05, 0.1) is 11.4 Å². The van der Waals surface area contributed by atoms with Crippen molar-refractivity contribution in [2.45, 2.75) is 45.1 Å². The molecule has 3 amide bonds. The zero-order chi connectivity index (χ0) is 15.9. The van der Waals surface area contributed by atoms with Gasteiger partial charge in [-0.1, -0.05) is 19.8 Å². The fraction of sp³-hybridized carbons (Fsp3) is 0.562. The van der Waals surface area contributed by atoms with Crippen LogP contribution in [0.1, 0.15) is 47.2 Å². The van der Waals surface area contributed by atoms with Gasteiger partial charge >= 0.3 is 6.03 Å². The molecule has 1 aromatic rings. The maximum Gasteiger partial charge on any atom is 0.325 e. The highest BCUT2D eigenvalue weighted by molar-refractivity contribution is 7.14. The maximum absolute atomic E-state index is 12.8. The van der Waals surface area contributed by atoms with Gasteiger partial charge < -0.3 is 5.32 Å². The van der Waals surface area contributed by atoms with Gasteiger partial charge in [0.25, 0.3) is 5.91 Å². The highest BCUT2D eigenvalue weighted by atomic mass is 32.1. The largest absolute Gasteiger partial charge is 0.325 e. The molecule has 5 nitrogen and oxygen atoms in total. The van der Waals surface area contributed by atoms with Gasteiger partial charge in [-0.2, -0.15) is 0 Å². The van der Waals surface area contributed by atoms with E-state index in [2.05, 4.69) is 5.32 Å². The number of hydrogen-bond acceptors (Lipinski definition) is 4. The summed E-state index contributed by atoms with van der Waals surface area (Å²) in [5.41, 5.74) is -0.791. The van der Waals surface area contributed by atoms with Crippen LogP contribution in [0.2, 0.25) is 0 Å². The Labute approximate surface area is 133 Å². The van der Waals surface area contributed by atoms with Crippen LogP contribution in [-0.2, 0) is 4.79 Å². The summed E-state index contributed by atoms with van der Waals surface area (Å²) in [7, 11) is 0. The van der Waals surface area contributed by atoms with E-state index in [0.717, 1.165) is 29.0 Å². The van der Waals surface area contributed by atoms with Crippen molar-refractivity contribution < 1.29 is 14.4 Å². The molecule has 1 aliphatic heterocycles. The van der Waals surface area contributed by atoms with Crippen molar-refractivity contribution in [2.75, 3.05) is 6.54 Å². The third kappa shape index (κ3) is 2.35. The van der Waals surface area contributed by atoms with Crippen LogP contribution in [-0.4, -0.2) is 34.7 Å². The van der Waals surface area contributed by atoms with Gasteiger partial charge in [0.15, 0.2) is 5.78 Å². The molecule has 1 saturated carbocycles. The zero-order valence-electron chi connectivity index (χ0n) is 12.8. The van der Waals surface area contributed by atoms with Gasteiger partial charge in [0, 0.05) is 4.88 Å². The fourth-order valence-electron chi connectivity index (χ4n) is 3.44. The van der Waals surface area contributed by atoms with Crippen LogP contribution in [0.15, 0.2) is 12.1 Å². The highest BCUT2D eigenvalue weighted by Crippen LogP contribution is 2.38. The van der Waals surface area contributed by atoms with Gasteiger partial charge in [-0.15, -0.1) is 11.3 Å². The number of nitrogens with zero attached hydrogens (tertiary/aromatic N) is 1. The lowest BCUT2D eigenvalue weighted by atomic mass is 9.73. The summed E-state index contributed by atoms with van der Waals surface area (Å²) < 4.78 is 0. The quantitative estimate of drug-likeness (QED) is 0.688. The summed E-state index contributed by atoms with van der Waals surface area (Å²) in [5.74, 6) is -0.296. The first-order chi connectivity index (χ1) is 10.4. The number of urea groups is 1. The summed E-state index contributed by atoms with van der Waals surface area (Å²) in [6.45, 7) is 3.76. The van der Waals surface area contributed by atoms with E-state index in [9.17, 15) is 14.4 Å². The molecule has 1 aliphatic carbocycles. The number of ketones is 1. The molecule has 2 fully saturated rings. The second-order valence-electron chi connectivity index (χ2n) is 6.27. The summed E-state index contributed by atoms with van der Waals surface area (Å²) in [6, 6.07) is 3.19. The second kappa shape index (κ2) is 5.50. The summed E-state index contributed by atoms with van der Waals surface area (Å²) in [6.07, 6.45) is 3.61. The van der Waals surface area contributed by atoms with Crippen molar-refractivity contribution in [1.29, 1.82) is 0 Å². The van der Waals surface area contributed by atoms with E-state index < -0.39 is 11.6 Å². The SMILES string of the molecule is Cc1ccc(C(=O)CN2C(=O)N[C@@]3(CCCC[C@H]3C)C2=O)s1. The third-order valence-electron chi connectivity index (χ3n) is 4.82. The molecular weight excluding hydrogens is 300 g/mol. The Bertz CT molecular complexity index is 639. The fourth-order valence-corrected chi connectivity index (χ4v) is 4.24. The molecular formula is C16H20N2O3S. The number of thiophene rings is 1. The first-order valence-electron chi connectivity index (χ1n) is 7.68. The molecule has 2 atom stereocenters. The van der Waals surface area contributed by atoms with Crippen LogP contribution in [0.4, 0.5) is 4.79 Å². The highest BCUT2D eigenvalue weighted by Gasteiger charge is 2.55. The molecule has 0 aromatic carbocycles. The molecule has 2 heterocycles. The van der Waals surface area contributed by atoms with E-state index >= 15 is 0 Å². The molecule has 3 rings (SSSR count). The minimum Gasteiger partial charge on any atom is -0.323 e. The zero-order valence-corrected chi connectivity index (χ0v) is 13.7. The standard InChI is InChI=1S/C16H20N2O3S/c1-10-5-3-4-8-16(10)14(20)18(15(21)17-16)9-12(19)13-7-6-11(2)22-13/h6-7,10H,3-5,8-9H2,1-2H3,(H,17,21)/t10-,16-/m1/s1. The predicted molar refractivity (Wildman–Crippen MR) is 84.0 cm³/mol. The van der Waals surface area contributed by atoms with Crippen LogP contribution in [0, 0.1) is 12.8 Å². The molecule has 0 radical (unpaired) electrons. The summed E-state index contributed by atoms with van der Waals surface area (Å²) in [4.78, 5) is 40.0. The van der Waals surface area contributed by atoms with Crippen LogP contribution in [0.5, 0.6) is 0 Å². The normalized spacial score (nSPS) is 28.3.